The van der Waals surface area contributed by atoms with Gasteiger partial charge in [0.1, 0.15) is 0 Å². The molecule has 1 aromatic heterocycles. The van der Waals surface area contributed by atoms with Gasteiger partial charge in [-0.05, 0) is 72.2 Å². The highest BCUT2D eigenvalue weighted by atomic mass is 15.0. The van der Waals surface area contributed by atoms with Gasteiger partial charge < -0.3 is 4.57 Å². The molecule has 1 heterocycles. The maximum Gasteiger partial charge on any atom is 0.0538 e. The van der Waals surface area contributed by atoms with Crippen molar-refractivity contribution in [3.63, 3.8) is 0 Å². The summed E-state index contributed by atoms with van der Waals surface area (Å²) < 4.78 is 2.49. The van der Waals surface area contributed by atoms with Gasteiger partial charge in [0, 0.05) is 28.2 Å². The smallest absolute Gasteiger partial charge is 0.0538 e. The number of benzene rings is 3. The van der Waals surface area contributed by atoms with Gasteiger partial charge >= 0.3 is 0 Å². The van der Waals surface area contributed by atoms with Gasteiger partial charge in [-0.25, -0.2) is 0 Å². The minimum Gasteiger partial charge on any atom is -0.313 e. The van der Waals surface area contributed by atoms with E-state index in [0.717, 1.165) is 12.8 Å². The molecule has 1 heteroatoms. The lowest BCUT2D eigenvalue weighted by molar-refractivity contribution is 0.723. The Labute approximate surface area is 202 Å². The highest BCUT2D eigenvalue weighted by Crippen LogP contribution is 2.40. The van der Waals surface area contributed by atoms with E-state index in [1.54, 1.807) is 0 Å². The molecule has 0 saturated carbocycles. The molecule has 1 nitrogen and oxygen atoms in total. The minimum absolute atomic E-state index is 0.486. The average molecular weight is 442 g/mol. The van der Waals surface area contributed by atoms with Gasteiger partial charge in [0.15, 0.2) is 0 Å². The molecule has 0 radical (unpaired) electrons. The Morgan fingerprint density at radius 2 is 1.50 bits per heavy atom. The van der Waals surface area contributed by atoms with E-state index in [-0.39, 0.29) is 0 Å². The first kappa shape index (κ1) is 21.0. The fraction of sp³-hybridized carbons (Fsp3) is 0.212. The average Bonchev–Trinajstić information content (AvgIpc) is 3.20. The Kier molecular flexibility index (Phi) is 5.14. The van der Waals surface area contributed by atoms with Gasteiger partial charge in [-0.1, -0.05) is 92.3 Å². The predicted octanol–water partition coefficient (Wildman–Crippen LogP) is 9.11. The second-order valence-corrected chi connectivity index (χ2v) is 10.0. The number of allylic oxidation sites excluding steroid dienone is 5. The number of nitrogens with zero attached hydrogens (tertiary/aromatic N) is 1. The zero-order valence-corrected chi connectivity index (χ0v) is 20.3. The molecule has 2 atom stereocenters. The van der Waals surface area contributed by atoms with E-state index in [0.29, 0.717) is 11.8 Å². The van der Waals surface area contributed by atoms with Gasteiger partial charge in [-0.2, -0.15) is 0 Å². The van der Waals surface area contributed by atoms with Crippen LogP contribution in [-0.2, 0) is 0 Å². The fourth-order valence-corrected chi connectivity index (χ4v) is 5.45. The molecule has 0 saturated heterocycles. The van der Waals surface area contributed by atoms with Crippen molar-refractivity contribution in [1.82, 2.24) is 4.57 Å². The van der Waals surface area contributed by atoms with Crippen molar-refractivity contribution in [1.29, 1.82) is 0 Å². The zero-order chi connectivity index (χ0) is 23.2. The van der Waals surface area contributed by atoms with Crippen LogP contribution >= 0.6 is 0 Å². The van der Waals surface area contributed by atoms with Gasteiger partial charge in [-0.15, -0.1) is 0 Å². The third-order valence-electron chi connectivity index (χ3n) is 7.44. The first-order valence-corrected chi connectivity index (χ1v) is 12.5. The molecular weight excluding hydrogens is 410 g/mol. The number of aryl methyl sites for hydroxylation is 1. The van der Waals surface area contributed by atoms with Crippen LogP contribution in [-0.4, -0.2) is 4.57 Å². The van der Waals surface area contributed by atoms with E-state index >= 15 is 0 Å². The second kappa shape index (κ2) is 8.33. The molecule has 0 aliphatic heterocycles. The maximum absolute atomic E-state index is 2.49. The molecule has 6 rings (SSSR count). The molecule has 2 aliphatic rings. The van der Waals surface area contributed by atoms with E-state index in [9.17, 15) is 0 Å². The first-order valence-electron chi connectivity index (χ1n) is 12.5. The van der Waals surface area contributed by atoms with Gasteiger partial charge in [0.05, 0.1) is 5.52 Å². The van der Waals surface area contributed by atoms with E-state index in [1.807, 2.05) is 0 Å². The molecular formula is C33H31N. The van der Waals surface area contributed by atoms with Crippen LogP contribution in [0.2, 0.25) is 0 Å². The predicted molar refractivity (Wildman–Crippen MR) is 146 cm³/mol. The van der Waals surface area contributed by atoms with E-state index in [1.165, 1.54) is 55.7 Å². The molecule has 4 aromatic rings. The second-order valence-electron chi connectivity index (χ2n) is 10.0. The maximum atomic E-state index is 2.49. The topological polar surface area (TPSA) is 4.93 Å². The van der Waals surface area contributed by atoms with Gasteiger partial charge in [-0.3, -0.25) is 0 Å². The lowest BCUT2D eigenvalue weighted by Gasteiger charge is -2.20. The van der Waals surface area contributed by atoms with Crippen LogP contribution < -0.4 is 0 Å². The number of hydrogen-bond acceptors (Lipinski definition) is 0. The van der Waals surface area contributed by atoms with Crippen molar-refractivity contribution in [3.8, 4) is 16.8 Å². The van der Waals surface area contributed by atoms with Crippen LogP contribution in [0.25, 0.3) is 39.4 Å². The SMILES string of the molecule is Cc1ccc(-c2ccc3c(c2)c2c(n3-c3ccc(C4=CCC(C)C=C4)cc3)C(C)CC=C2)cc1. The lowest BCUT2D eigenvalue weighted by atomic mass is 9.92. The summed E-state index contributed by atoms with van der Waals surface area (Å²) in [5, 5.41) is 1.34. The summed E-state index contributed by atoms with van der Waals surface area (Å²) in [7, 11) is 0. The standard InChI is InChI=1S/C33H31N/c1-22-7-11-25(12-8-22)26-15-18-29(19-16-26)34-32-20-17-28(27-13-9-23(2)10-14-27)21-31(32)30-6-4-5-24(3)33(30)34/h4,6-7,9-22,24H,5,8H2,1-3H3. The van der Waals surface area contributed by atoms with Crippen LogP contribution in [0.4, 0.5) is 0 Å². The summed E-state index contributed by atoms with van der Waals surface area (Å²) in [5.74, 6) is 1.13. The first-order chi connectivity index (χ1) is 16.6. The fourth-order valence-electron chi connectivity index (χ4n) is 5.45. The Balaban J connectivity index is 1.48. The Morgan fingerprint density at radius 1 is 0.765 bits per heavy atom. The molecule has 0 amide bonds. The largest absolute Gasteiger partial charge is 0.313 e. The van der Waals surface area contributed by atoms with Crippen molar-refractivity contribution < 1.29 is 0 Å². The third-order valence-corrected chi connectivity index (χ3v) is 7.44. The summed E-state index contributed by atoms with van der Waals surface area (Å²) in [6.45, 7) is 6.77. The molecule has 2 aliphatic carbocycles. The van der Waals surface area contributed by atoms with Crippen molar-refractivity contribution >= 4 is 22.6 Å². The number of fused-ring (bicyclic) bond motifs is 3. The molecule has 0 fully saturated rings. The summed E-state index contributed by atoms with van der Waals surface area (Å²) >= 11 is 0. The van der Waals surface area contributed by atoms with Crippen molar-refractivity contribution in [2.75, 3.05) is 0 Å². The van der Waals surface area contributed by atoms with Crippen LogP contribution in [0.1, 0.15) is 55.0 Å². The Bertz CT molecular complexity index is 1460. The summed E-state index contributed by atoms with van der Waals surface area (Å²) in [6, 6.07) is 25.0. The Morgan fingerprint density at radius 3 is 2.24 bits per heavy atom. The monoisotopic (exact) mass is 441 g/mol. The third kappa shape index (κ3) is 3.56. The molecule has 34 heavy (non-hydrogen) atoms. The molecule has 0 bridgehead atoms. The number of hydrogen-bond donors (Lipinski definition) is 0. The number of rotatable bonds is 3. The highest BCUT2D eigenvalue weighted by Gasteiger charge is 2.23. The molecule has 0 N–H and O–H groups in total. The lowest BCUT2D eigenvalue weighted by Crippen LogP contribution is -2.07. The zero-order valence-electron chi connectivity index (χ0n) is 20.3. The van der Waals surface area contributed by atoms with E-state index in [4.69, 9.17) is 0 Å². The van der Waals surface area contributed by atoms with Crippen LogP contribution in [0.5, 0.6) is 0 Å². The summed E-state index contributed by atoms with van der Waals surface area (Å²) in [6.07, 6.45) is 13.8. The van der Waals surface area contributed by atoms with Crippen LogP contribution in [0, 0.1) is 12.8 Å². The van der Waals surface area contributed by atoms with Crippen molar-refractivity contribution in [2.45, 2.75) is 39.5 Å². The Hall–Kier alpha value is -3.58. The minimum atomic E-state index is 0.486. The highest BCUT2D eigenvalue weighted by molar-refractivity contribution is 5.96. The van der Waals surface area contributed by atoms with Gasteiger partial charge in [0.2, 0.25) is 0 Å². The van der Waals surface area contributed by atoms with Crippen molar-refractivity contribution in [3.05, 3.63) is 113 Å². The summed E-state index contributed by atoms with van der Waals surface area (Å²) in [4.78, 5) is 0. The van der Waals surface area contributed by atoms with Crippen LogP contribution in [0.3, 0.4) is 0 Å². The van der Waals surface area contributed by atoms with Crippen LogP contribution in [0.15, 0.2) is 91.0 Å². The van der Waals surface area contributed by atoms with E-state index < -0.39 is 0 Å². The normalized spacial score (nSPS) is 19.3. The van der Waals surface area contributed by atoms with E-state index in [2.05, 4.69) is 122 Å². The summed E-state index contributed by atoms with van der Waals surface area (Å²) in [5.41, 5.74) is 11.8. The number of aromatic nitrogens is 1. The van der Waals surface area contributed by atoms with Gasteiger partial charge in [0.25, 0.3) is 0 Å². The molecule has 0 spiro atoms. The molecule has 3 aromatic carbocycles. The molecule has 168 valence electrons. The molecule has 2 unspecified atom stereocenters. The van der Waals surface area contributed by atoms with Crippen molar-refractivity contribution in [2.24, 2.45) is 5.92 Å². The quantitative estimate of drug-likeness (QED) is 0.299.